The van der Waals surface area contributed by atoms with Crippen LogP contribution in [0.15, 0.2) is 48.6 Å². The maximum Gasteiger partial charge on any atom is 0.341 e. The summed E-state index contributed by atoms with van der Waals surface area (Å²) in [5.74, 6) is -0.640. The van der Waals surface area contributed by atoms with Crippen LogP contribution >= 0.6 is 0 Å². The Morgan fingerprint density at radius 1 is 1.31 bits per heavy atom. The van der Waals surface area contributed by atoms with Gasteiger partial charge in [-0.3, -0.25) is 4.79 Å². The molecule has 16 heavy (non-hydrogen) atoms. The van der Waals surface area contributed by atoms with Gasteiger partial charge in [-0.25, -0.2) is 4.79 Å². The third-order valence-corrected chi connectivity index (χ3v) is 1.92. The molecular weight excluding hydrogens is 204 g/mol. The second-order valence-corrected chi connectivity index (χ2v) is 3.07. The Morgan fingerprint density at radius 3 is 2.56 bits per heavy atom. The minimum absolute atomic E-state index is 0.129. The fraction of sp³-hybridized carbons (Fsp3) is 0.0769. The predicted octanol–water partition coefficient (Wildman–Crippen LogP) is 2.35. The summed E-state index contributed by atoms with van der Waals surface area (Å²) in [6, 6.07) is 9.33. The number of carbonyl (C=O) groups excluding carboxylic acids is 2. The lowest BCUT2D eigenvalue weighted by molar-refractivity contribution is -0.148. The van der Waals surface area contributed by atoms with E-state index in [0.717, 1.165) is 5.56 Å². The number of rotatable bonds is 5. The van der Waals surface area contributed by atoms with E-state index in [1.807, 2.05) is 30.3 Å². The summed E-state index contributed by atoms with van der Waals surface area (Å²) >= 11 is 0. The second-order valence-electron chi connectivity index (χ2n) is 3.07. The van der Waals surface area contributed by atoms with Crippen molar-refractivity contribution in [2.24, 2.45) is 0 Å². The van der Waals surface area contributed by atoms with Gasteiger partial charge in [0.05, 0.1) is 0 Å². The number of hydrogen-bond acceptors (Lipinski definition) is 3. The first-order valence-electron chi connectivity index (χ1n) is 4.79. The van der Waals surface area contributed by atoms with Crippen molar-refractivity contribution in [3.8, 4) is 0 Å². The first kappa shape index (κ1) is 11.9. The van der Waals surface area contributed by atoms with E-state index >= 15 is 0 Å². The minimum atomic E-state index is -0.640. The van der Waals surface area contributed by atoms with Crippen molar-refractivity contribution in [3.05, 3.63) is 54.1 Å². The highest BCUT2D eigenvalue weighted by molar-refractivity contribution is 5.96. The van der Waals surface area contributed by atoms with E-state index in [-0.39, 0.29) is 6.47 Å². The Labute approximate surface area is 94.0 Å². The standard InChI is InChI=1S/C13H12O3/c1-2-6-12(13(15)16-10-14)9-11-7-4-3-5-8-11/h2-5,7-10H,1,6H2. The molecule has 0 aromatic heterocycles. The van der Waals surface area contributed by atoms with E-state index in [2.05, 4.69) is 11.3 Å². The summed E-state index contributed by atoms with van der Waals surface area (Å²) in [7, 11) is 0. The van der Waals surface area contributed by atoms with Gasteiger partial charge in [0.1, 0.15) is 0 Å². The van der Waals surface area contributed by atoms with Crippen molar-refractivity contribution in [2.75, 3.05) is 0 Å². The Balaban J connectivity index is 2.92. The van der Waals surface area contributed by atoms with Crippen LogP contribution in [0, 0.1) is 0 Å². The van der Waals surface area contributed by atoms with Crippen LogP contribution in [0.2, 0.25) is 0 Å². The Bertz CT molecular complexity index is 404. The van der Waals surface area contributed by atoms with Gasteiger partial charge in [0.15, 0.2) is 0 Å². The van der Waals surface area contributed by atoms with Crippen LogP contribution in [-0.4, -0.2) is 12.4 Å². The molecule has 1 rings (SSSR count). The zero-order chi connectivity index (χ0) is 11.8. The van der Waals surface area contributed by atoms with Crippen molar-refractivity contribution in [1.82, 2.24) is 0 Å². The van der Waals surface area contributed by atoms with Crippen molar-refractivity contribution in [1.29, 1.82) is 0 Å². The maximum absolute atomic E-state index is 11.4. The minimum Gasteiger partial charge on any atom is -0.392 e. The molecule has 3 heteroatoms. The zero-order valence-corrected chi connectivity index (χ0v) is 8.76. The maximum atomic E-state index is 11.4. The smallest absolute Gasteiger partial charge is 0.341 e. The van der Waals surface area contributed by atoms with Gasteiger partial charge in [-0.15, -0.1) is 6.58 Å². The Morgan fingerprint density at radius 2 is 2.00 bits per heavy atom. The molecule has 0 amide bonds. The molecule has 0 bridgehead atoms. The molecule has 0 fully saturated rings. The van der Waals surface area contributed by atoms with Crippen LogP contribution in [0.1, 0.15) is 12.0 Å². The summed E-state index contributed by atoms with van der Waals surface area (Å²) in [5.41, 5.74) is 1.27. The van der Waals surface area contributed by atoms with Gasteiger partial charge in [-0.2, -0.15) is 0 Å². The molecule has 1 aromatic rings. The largest absolute Gasteiger partial charge is 0.392 e. The molecule has 0 aliphatic carbocycles. The van der Waals surface area contributed by atoms with Crippen molar-refractivity contribution < 1.29 is 14.3 Å². The highest BCUT2D eigenvalue weighted by atomic mass is 16.6. The van der Waals surface area contributed by atoms with Gasteiger partial charge in [0, 0.05) is 5.57 Å². The topological polar surface area (TPSA) is 43.4 Å². The average Bonchev–Trinajstić information content (AvgIpc) is 2.30. The highest BCUT2D eigenvalue weighted by Crippen LogP contribution is 2.11. The lowest BCUT2D eigenvalue weighted by atomic mass is 10.1. The van der Waals surface area contributed by atoms with E-state index < -0.39 is 5.97 Å². The summed E-state index contributed by atoms with van der Waals surface area (Å²) in [6.45, 7) is 3.68. The molecule has 1 aromatic carbocycles. The summed E-state index contributed by atoms with van der Waals surface area (Å²) < 4.78 is 4.29. The molecule has 0 N–H and O–H groups in total. The Hall–Kier alpha value is -2.16. The number of carbonyl (C=O) groups is 2. The molecule has 82 valence electrons. The second kappa shape index (κ2) is 6.35. The summed E-state index contributed by atoms with van der Waals surface area (Å²) in [4.78, 5) is 21.4. The molecule has 0 spiro atoms. The van der Waals surface area contributed by atoms with Gasteiger partial charge in [0.2, 0.25) is 0 Å². The average molecular weight is 216 g/mol. The van der Waals surface area contributed by atoms with Crippen LogP contribution < -0.4 is 0 Å². The zero-order valence-electron chi connectivity index (χ0n) is 8.76. The number of ether oxygens (including phenoxy) is 1. The van der Waals surface area contributed by atoms with Crippen LogP contribution in [0.4, 0.5) is 0 Å². The molecular formula is C13H12O3. The predicted molar refractivity (Wildman–Crippen MR) is 61.4 cm³/mol. The lowest BCUT2D eigenvalue weighted by Crippen LogP contribution is -2.05. The van der Waals surface area contributed by atoms with E-state index in [1.165, 1.54) is 0 Å². The van der Waals surface area contributed by atoms with Gasteiger partial charge in [0.25, 0.3) is 0 Å². The quantitative estimate of drug-likeness (QED) is 0.249. The van der Waals surface area contributed by atoms with E-state index in [0.29, 0.717) is 12.0 Å². The number of esters is 1. The molecule has 0 unspecified atom stereocenters. The number of benzene rings is 1. The lowest BCUT2D eigenvalue weighted by Gasteiger charge is -2.01. The summed E-state index contributed by atoms with van der Waals surface area (Å²) in [6.07, 6.45) is 3.62. The fourth-order valence-electron chi connectivity index (χ4n) is 1.23. The first-order chi connectivity index (χ1) is 7.77. The molecule has 0 aliphatic rings. The molecule has 3 nitrogen and oxygen atoms in total. The van der Waals surface area contributed by atoms with Crippen LogP contribution in [0.5, 0.6) is 0 Å². The first-order valence-corrected chi connectivity index (χ1v) is 4.79. The van der Waals surface area contributed by atoms with E-state index in [4.69, 9.17) is 0 Å². The number of hydrogen-bond donors (Lipinski definition) is 0. The number of allylic oxidation sites excluding steroid dienone is 1. The fourth-order valence-corrected chi connectivity index (χ4v) is 1.23. The van der Waals surface area contributed by atoms with Crippen LogP contribution in [0.25, 0.3) is 6.08 Å². The molecule has 0 saturated carbocycles. The van der Waals surface area contributed by atoms with Gasteiger partial charge < -0.3 is 4.74 Å². The third kappa shape index (κ3) is 3.53. The SMILES string of the molecule is C=CCC(=Cc1ccccc1)C(=O)OC=O. The highest BCUT2D eigenvalue weighted by Gasteiger charge is 2.08. The van der Waals surface area contributed by atoms with Crippen molar-refractivity contribution >= 4 is 18.5 Å². The van der Waals surface area contributed by atoms with Gasteiger partial charge in [-0.1, -0.05) is 36.4 Å². The molecule has 0 saturated heterocycles. The molecule has 0 atom stereocenters. The van der Waals surface area contributed by atoms with E-state index in [1.54, 1.807) is 12.2 Å². The third-order valence-electron chi connectivity index (χ3n) is 1.92. The van der Waals surface area contributed by atoms with Gasteiger partial charge >= 0.3 is 12.4 Å². The van der Waals surface area contributed by atoms with Crippen LogP contribution in [-0.2, 0) is 14.3 Å². The van der Waals surface area contributed by atoms with E-state index in [9.17, 15) is 9.59 Å². The summed E-state index contributed by atoms with van der Waals surface area (Å²) in [5, 5.41) is 0. The van der Waals surface area contributed by atoms with Gasteiger partial charge in [-0.05, 0) is 18.1 Å². The Kier molecular flexibility index (Phi) is 4.73. The molecule has 0 heterocycles. The molecule has 0 radical (unpaired) electrons. The monoisotopic (exact) mass is 216 g/mol. The molecule has 0 aliphatic heterocycles. The van der Waals surface area contributed by atoms with Crippen molar-refractivity contribution in [2.45, 2.75) is 6.42 Å². The van der Waals surface area contributed by atoms with Crippen LogP contribution in [0.3, 0.4) is 0 Å². The normalized spacial score (nSPS) is 10.6. The van der Waals surface area contributed by atoms with Crippen molar-refractivity contribution in [3.63, 3.8) is 0 Å².